The highest BCUT2D eigenvalue weighted by Crippen LogP contribution is 2.40. The van der Waals surface area contributed by atoms with Gasteiger partial charge in [-0.3, -0.25) is 4.79 Å². The molecule has 0 aliphatic heterocycles. The lowest BCUT2D eigenvalue weighted by Gasteiger charge is -2.31. The van der Waals surface area contributed by atoms with Gasteiger partial charge in [-0.25, -0.2) is 0 Å². The Morgan fingerprint density at radius 3 is 2.48 bits per heavy atom. The van der Waals surface area contributed by atoms with Crippen LogP contribution in [0, 0.1) is 5.92 Å². The van der Waals surface area contributed by atoms with Crippen molar-refractivity contribution in [3.8, 4) is 5.75 Å². The molecule has 0 bridgehead atoms. The number of aryl methyl sites for hydroxylation is 1. The van der Waals surface area contributed by atoms with Gasteiger partial charge in [0.25, 0.3) is 0 Å². The summed E-state index contributed by atoms with van der Waals surface area (Å²) < 4.78 is 5.87. The summed E-state index contributed by atoms with van der Waals surface area (Å²) >= 11 is 0. The number of carbonyl (C=O) groups is 1. The van der Waals surface area contributed by atoms with Crippen molar-refractivity contribution >= 4 is 5.91 Å². The molecule has 0 aromatic heterocycles. The van der Waals surface area contributed by atoms with Crippen molar-refractivity contribution in [1.82, 2.24) is 5.32 Å². The van der Waals surface area contributed by atoms with Crippen LogP contribution in [0.1, 0.15) is 38.7 Å². The Balaban J connectivity index is 2.05. The van der Waals surface area contributed by atoms with Gasteiger partial charge in [0, 0.05) is 0 Å². The Kier molecular flexibility index (Phi) is 5.23. The molecule has 0 radical (unpaired) electrons. The maximum Gasteiger partial charge on any atom is 0.241 e. The van der Waals surface area contributed by atoms with Crippen LogP contribution in [0.3, 0.4) is 0 Å². The summed E-state index contributed by atoms with van der Waals surface area (Å²) in [5, 5.41) is 3.34. The molecule has 1 aromatic carbocycles. The highest BCUT2D eigenvalue weighted by atomic mass is 16.5. The van der Waals surface area contributed by atoms with E-state index in [4.69, 9.17) is 10.5 Å². The SMILES string of the molecule is CCCNC(COc1ccc(CC)cc1)(C(N)=O)C1CC1. The standard InChI is InChI=1S/C17H26N2O2/c1-3-11-19-17(16(18)20,14-7-8-14)12-21-15-9-5-13(4-2)6-10-15/h5-6,9-10,14,19H,3-4,7-8,11-12H2,1-2H3,(H2,18,20). The summed E-state index contributed by atoms with van der Waals surface area (Å²) in [6, 6.07) is 8.02. The average molecular weight is 290 g/mol. The predicted octanol–water partition coefficient (Wildman–Crippen LogP) is 2.26. The molecule has 0 spiro atoms. The maximum absolute atomic E-state index is 12.0. The molecule has 1 aromatic rings. The second-order valence-corrected chi connectivity index (χ2v) is 5.82. The largest absolute Gasteiger partial charge is 0.491 e. The number of hydrogen-bond donors (Lipinski definition) is 2. The van der Waals surface area contributed by atoms with E-state index >= 15 is 0 Å². The Morgan fingerprint density at radius 2 is 2.00 bits per heavy atom. The van der Waals surface area contributed by atoms with E-state index < -0.39 is 5.54 Å². The summed E-state index contributed by atoms with van der Waals surface area (Å²) in [7, 11) is 0. The third kappa shape index (κ3) is 3.76. The molecule has 116 valence electrons. The van der Waals surface area contributed by atoms with Gasteiger partial charge in [0.1, 0.15) is 17.9 Å². The molecule has 0 saturated heterocycles. The van der Waals surface area contributed by atoms with E-state index in [0.29, 0.717) is 12.5 Å². The number of amides is 1. The van der Waals surface area contributed by atoms with Crippen LogP contribution in [-0.2, 0) is 11.2 Å². The van der Waals surface area contributed by atoms with Gasteiger partial charge in [-0.05, 0) is 55.8 Å². The zero-order valence-corrected chi connectivity index (χ0v) is 13.0. The van der Waals surface area contributed by atoms with Crippen molar-refractivity contribution in [2.75, 3.05) is 13.2 Å². The van der Waals surface area contributed by atoms with Crippen LogP contribution in [0.25, 0.3) is 0 Å². The van der Waals surface area contributed by atoms with Gasteiger partial charge in [-0.1, -0.05) is 26.0 Å². The first-order valence-corrected chi connectivity index (χ1v) is 7.89. The fraction of sp³-hybridized carbons (Fsp3) is 0.588. The Morgan fingerprint density at radius 1 is 1.33 bits per heavy atom. The first-order valence-electron chi connectivity index (χ1n) is 7.89. The van der Waals surface area contributed by atoms with Crippen molar-refractivity contribution in [2.24, 2.45) is 11.7 Å². The van der Waals surface area contributed by atoms with Gasteiger partial charge in [-0.15, -0.1) is 0 Å². The highest BCUT2D eigenvalue weighted by molar-refractivity contribution is 5.85. The van der Waals surface area contributed by atoms with Crippen molar-refractivity contribution in [3.63, 3.8) is 0 Å². The third-order valence-electron chi connectivity index (χ3n) is 4.20. The fourth-order valence-corrected chi connectivity index (χ4v) is 2.62. The molecule has 1 saturated carbocycles. The van der Waals surface area contributed by atoms with E-state index in [1.807, 2.05) is 12.1 Å². The molecule has 1 aliphatic rings. The second kappa shape index (κ2) is 6.94. The lowest BCUT2D eigenvalue weighted by molar-refractivity contribution is -0.126. The number of benzene rings is 1. The van der Waals surface area contributed by atoms with Crippen molar-refractivity contribution in [2.45, 2.75) is 45.1 Å². The molecule has 1 fully saturated rings. The fourth-order valence-electron chi connectivity index (χ4n) is 2.62. The quantitative estimate of drug-likeness (QED) is 0.733. The van der Waals surface area contributed by atoms with Crippen LogP contribution in [0.2, 0.25) is 0 Å². The van der Waals surface area contributed by atoms with E-state index in [0.717, 1.165) is 38.0 Å². The topological polar surface area (TPSA) is 64.3 Å². The van der Waals surface area contributed by atoms with Crippen LogP contribution in [-0.4, -0.2) is 24.6 Å². The summed E-state index contributed by atoms with van der Waals surface area (Å²) in [5.41, 5.74) is 6.23. The number of nitrogens with one attached hydrogen (secondary N) is 1. The first kappa shape index (κ1) is 15.8. The average Bonchev–Trinajstić information content (AvgIpc) is 3.33. The van der Waals surface area contributed by atoms with Gasteiger partial charge in [-0.2, -0.15) is 0 Å². The maximum atomic E-state index is 12.0. The van der Waals surface area contributed by atoms with Gasteiger partial charge in [0.05, 0.1) is 0 Å². The number of primary amides is 1. The summed E-state index contributed by atoms with van der Waals surface area (Å²) in [5.74, 6) is 0.789. The van der Waals surface area contributed by atoms with Crippen LogP contribution >= 0.6 is 0 Å². The number of rotatable bonds is 9. The molecule has 1 amide bonds. The van der Waals surface area contributed by atoms with Crippen LogP contribution in [0.4, 0.5) is 0 Å². The monoisotopic (exact) mass is 290 g/mol. The zero-order valence-electron chi connectivity index (χ0n) is 13.0. The van der Waals surface area contributed by atoms with E-state index in [1.54, 1.807) is 0 Å². The molecule has 3 N–H and O–H groups in total. The number of ether oxygens (including phenoxy) is 1. The van der Waals surface area contributed by atoms with E-state index in [1.165, 1.54) is 5.56 Å². The lowest BCUT2D eigenvalue weighted by atomic mass is 9.93. The summed E-state index contributed by atoms with van der Waals surface area (Å²) in [4.78, 5) is 12.0. The second-order valence-electron chi connectivity index (χ2n) is 5.82. The number of hydrogen-bond acceptors (Lipinski definition) is 3. The molecule has 4 nitrogen and oxygen atoms in total. The third-order valence-corrected chi connectivity index (χ3v) is 4.20. The van der Waals surface area contributed by atoms with Gasteiger partial charge in [0.15, 0.2) is 0 Å². The molecule has 2 rings (SSSR count). The van der Waals surface area contributed by atoms with Crippen LogP contribution < -0.4 is 15.8 Å². The molecular formula is C17H26N2O2. The summed E-state index contributed by atoms with van der Waals surface area (Å²) in [6.07, 6.45) is 4.05. The number of carbonyl (C=O) groups excluding carboxylic acids is 1. The molecule has 1 aliphatic carbocycles. The summed E-state index contributed by atoms with van der Waals surface area (Å²) in [6.45, 7) is 5.28. The zero-order chi connectivity index (χ0) is 15.3. The van der Waals surface area contributed by atoms with Crippen molar-refractivity contribution in [3.05, 3.63) is 29.8 Å². The van der Waals surface area contributed by atoms with Crippen LogP contribution in [0.5, 0.6) is 5.75 Å². The van der Waals surface area contributed by atoms with E-state index in [9.17, 15) is 4.79 Å². The molecule has 1 unspecified atom stereocenters. The minimum absolute atomic E-state index is 0.302. The molecule has 1 atom stereocenters. The highest BCUT2D eigenvalue weighted by Gasteiger charge is 2.50. The Hall–Kier alpha value is -1.55. The van der Waals surface area contributed by atoms with E-state index in [-0.39, 0.29) is 5.91 Å². The number of nitrogens with two attached hydrogens (primary N) is 1. The molecule has 21 heavy (non-hydrogen) atoms. The Labute approximate surface area is 127 Å². The lowest BCUT2D eigenvalue weighted by Crippen LogP contribution is -2.61. The normalized spacial score (nSPS) is 17.2. The van der Waals surface area contributed by atoms with Gasteiger partial charge in [0.2, 0.25) is 5.91 Å². The molecular weight excluding hydrogens is 264 g/mol. The van der Waals surface area contributed by atoms with Gasteiger partial charge >= 0.3 is 0 Å². The van der Waals surface area contributed by atoms with E-state index in [2.05, 4.69) is 31.3 Å². The van der Waals surface area contributed by atoms with Crippen molar-refractivity contribution in [1.29, 1.82) is 0 Å². The molecule has 0 heterocycles. The van der Waals surface area contributed by atoms with Gasteiger partial charge < -0.3 is 15.8 Å². The molecule has 4 heteroatoms. The van der Waals surface area contributed by atoms with Crippen molar-refractivity contribution < 1.29 is 9.53 Å². The predicted molar refractivity (Wildman–Crippen MR) is 84.3 cm³/mol. The minimum atomic E-state index is -0.723. The smallest absolute Gasteiger partial charge is 0.241 e. The first-order chi connectivity index (χ1) is 10.1. The Bertz CT molecular complexity index is 468. The minimum Gasteiger partial charge on any atom is -0.491 e. The van der Waals surface area contributed by atoms with Crippen LogP contribution in [0.15, 0.2) is 24.3 Å².